The molecule has 0 fully saturated rings. The van der Waals surface area contributed by atoms with Gasteiger partial charge < -0.3 is 10.5 Å². The number of benzene rings is 1. The Morgan fingerprint density at radius 1 is 1.47 bits per heavy atom. The Labute approximate surface area is 99.0 Å². The molecule has 15 heavy (non-hydrogen) atoms. The van der Waals surface area contributed by atoms with Crippen molar-refractivity contribution in [1.29, 1.82) is 0 Å². The molecule has 1 atom stereocenters. The van der Waals surface area contributed by atoms with E-state index in [1.807, 2.05) is 0 Å². The van der Waals surface area contributed by atoms with Crippen molar-refractivity contribution in [2.24, 2.45) is 5.73 Å². The first-order valence-electron chi connectivity index (χ1n) is 4.41. The zero-order valence-electron chi connectivity index (χ0n) is 8.02. The van der Waals surface area contributed by atoms with Crippen LogP contribution < -0.4 is 5.73 Å². The molecule has 5 heteroatoms. The van der Waals surface area contributed by atoms with Gasteiger partial charge in [-0.2, -0.15) is 12.6 Å². The van der Waals surface area contributed by atoms with Crippen molar-refractivity contribution in [2.45, 2.75) is 12.6 Å². The van der Waals surface area contributed by atoms with Crippen LogP contribution >= 0.6 is 24.2 Å². The van der Waals surface area contributed by atoms with E-state index in [2.05, 4.69) is 12.6 Å². The number of halogens is 1. The highest BCUT2D eigenvalue weighted by Gasteiger charge is 2.12. The molecule has 0 heterocycles. The van der Waals surface area contributed by atoms with Crippen molar-refractivity contribution in [3.05, 3.63) is 34.9 Å². The molecule has 0 radical (unpaired) electrons. The molecule has 2 N–H and O–H groups in total. The highest BCUT2D eigenvalue weighted by molar-refractivity contribution is 7.80. The lowest BCUT2D eigenvalue weighted by Crippen LogP contribution is -2.33. The minimum Gasteiger partial charge on any atom is -0.460 e. The Balaban J connectivity index is 2.43. The number of hydrogen-bond donors (Lipinski definition) is 2. The number of ether oxygens (including phenoxy) is 1. The van der Waals surface area contributed by atoms with Crippen molar-refractivity contribution in [1.82, 2.24) is 0 Å². The fraction of sp³-hybridized carbons (Fsp3) is 0.300. The summed E-state index contributed by atoms with van der Waals surface area (Å²) in [6, 6.07) is 6.40. The number of esters is 1. The fourth-order valence-corrected chi connectivity index (χ4v) is 1.19. The standard InChI is InChI=1S/C10H12ClNO2S/c11-8-3-1-7(2-4-8)5-14-10(13)9(12)6-15/h1-4,9,15H,5-6,12H2/t9-/m0/s1. The largest absolute Gasteiger partial charge is 0.460 e. The quantitative estimate of drug-likeness (QED) is 0.626. The van der Waals surface area contributed by atoms with Gasteiger partial charge in [0.1, 0.15) is 12.6 Å². The molecule has 3 nitrogen and oxygen atoms in total. The maximum atomic E-state index is 11.2. The maximum Gasteiger partial charge on any atom is 0.324 e. The minimum atomic E-state index is -0.666. The lowest BCUT2D eigenvalue weighted by atomic mass is 10.2. The molecular weight excluding hydrogens is 234 g/mol. The van der Waals surface area contributed by atoms with Gasteiger partial charge in [0.25, 0.3) is 0 Å². The Morgan fingerprint density at radius 2 is 2.07 bits per heavy atom. The van der Waals surface area contributed by atoms with Gasteiger partial charge in [-0.25, -0.2) is 0 Å². The van der Waals surface area contributed by atoms with E-state index >= 15 is 0 Å². The molecule has 0 amide bonds. The van der Waals surface area contributed by atoms with Crippen LogP contribution in [0.2, 0.25) is 5.02 Å². The summed E-state index contributed by atoms with van der Waals surface area (Å²) in [6.07, 6.45) is 0. The molecule has 0 aliphatic heterocycles. The molecule has 0 aliphatic rings. The fourth-order valence-electron chi connectivity index (χ4n) is 0.917. The highest BCUT2D eigenvalue weighted by Crippen LogP contribution is 2.10. The first-order chi connectivity index (χ1) is 7.13. The van der Waals surface area contributed by atoms with Crippen molar-refractivity contribution in [3.63, 3.8) is 0 Å². The van der Waals surface area contributed by atoms with Crippen LogP contribution in [0.1, 0.15) is 5.56 Å². The number of thiol groups is 1. The number of carbonyl (C=O) groups excluding carboxylic acids is 1. The van der Waals surface area contributed by atoms with E-state index in [1.165, 1.54) is 0 Å². The summed E-state index contributed by atoms with van der Waals surface area (Å²) < 4.78 is 4.96. The second kappa shape index (κ2) is 6.00. The van der Waals surface area contributed by atoms with Gasteiger partial charge in [-0.3, -0.25) is 4.79 Å². The average molecular weight is 246 g/mol. The number of nitrogens with two attached hydrogens (primary N) is 1. The van der Waals surface area contributed by atoms with Crippen molar-refractivity contribution in [3.8, 4) is 0 Å². The number of carbonyl (C=O) groups is 1. The van der Waals surface area contributed by atoms with Crippen LogP contribution in [0.15, 0.2) is 24.3 Å². The summed E-state index contributed by atoms with van der Waals surface area (Å²) in [5.41, 5.74) is 6.31. The summed E-state index contributed by atoms with van der Waals surface area (Å²) in [4.78, 5) is 11.2. The van der Waals surface area contributed by atoms with Crippen LogP contribution in [0.25, 0.3) is 0 Å². The van der Waals surface area contributed by atoms with E-state index in [-0.39, 0.29) is 12.4 Å². The first kappa shape index (κ1) is 12.4. The van der Waals surface area contributed by atoms with Crippen molar-refractivity contribution < 1.29 is 9.53 Å². The van der Waals surface area contributed by atoms with E-state index in [4.69, 9.17) is 22.1 Å². The monoisotopic (exact) mass is 245 g/mol. The van der Waals surface area contributed by atoms with Crippen molar-refractivity contribution in [2.75, 3.05) is 5.75 Å². The van der Waals surface area contributed by atoms with Gasteiger partial charge in [-0.05, 0) is 17.7 Å². The normalized spacial score (nSPS) is 12.2. The van der Waals surface area contributed by atoms with Crippen LogP contribution in [-0.4, -0.2) is 17.8 Å². The second-order valence-corrected chi connectivity index (χ2v) is 3.82. The molecule has 82 valence electrons. The van der Waals surface area contributed by atoms with Crippen LogP contribution in [0.5, 0.6) is 0 Å². The van der Waals surface area contributed by atoms with Crippen LogP contribution in [-0.2, 0) is 16.1 Å². The molecule has 0 bridgehead atoms. The lowest BCUT2D eigenvalue weighted by Gasteiger charge is -2.08. The SMILES string of the molecule is N[C@@H](CS)C(=O)OCc1ccc(Cl)cc1. The highest BCUT2D eigenvalue weighted by atomic mass is 35.5. The molecule has 0 saturated heterocycles. The average Bonchev–Trinajstić information content (AvgIpc) is 2.26. The van der Waals surface area contributed by atoms with Crippen LogP contribution in [0.4, 0.5) is 0 Å². The van der Waals surface area contributed by atoms with Gasteiger partial charge >= 0.3 is 5.97 Å². The Kier molecular flexibility index (Phi) is 4.94. The molecule has 0 aromatic heterocycles. The summed E-state index contributed by atoms with van der Waals surface area (Å²) in [7, 11) is 0. The molecule has 0 saturated carbocycles. The van der Waals surface area contributed by atoms with Gasteiger partial charge in [0.15, 0.2) is 0 Å². The van der Waals surface area contributed by atoms with E-state index in [0.29, 0.717) is 5.02 Å². The molecule has 0 unspecified atom stereocenters. The second-order valence-electron chi connectivity index (χ2n) is 3.02. The van der Waals surface area contributed by atoms with Gasteiger partial charge in [-0.1, -0.05) is 23.7 Å². The number of hydrogen-bond acceptors (Lipinski definition) is 4. The lowest BCUT2D eigenvalue weighted by molar-refractivity contribution is -0.145. The van der Waals surface area contributed by atoms with Gasteiger partial charge in [0, 0.05) is 10.8 Å². The van der Waals surface area contributed by atoms with Gasteiger partial charge in [-0.15, -0.1) is 0 Å². The van der Waals surface area contributed by atoms with E-state index in [9.17, 15) is 4.79 Å². The summed E-state index contributed by atoms with van der Waals surface area (Å²) in [5, 5.41) is 0.650. The summed E-state index contributed by atoms with van der Waals surface area (Å²) >= 11 is 9.61. The molecule has 0 spiro atoms. The van der Waals surface area contributed by atoms with Gasteiger partial charge in [0.05, 0.1) is 0 Å². The third kappa shape index (κ3) is 4.11. The predicted molar refractivity (Wildman–Crippen MR) is 63.1 cm³/mol. The van der Waals surface area contributed by atoms with Crippen molar-refractivity contribution >= 4 is 30.2 Å². The van der Waals surface area contributed by atoms with Crippen LogP contribution in [0, 0.1) is 0 Å². The third-order valence-corrected chi connectivity index (χ3v) is 2.44. The summed E-state index contributed by atoms with van der Waals surface area (Å²) in [5.74, 6) is -0.167. The predicted octanol–water partition coefficient (Wildman–Crippen LogP) is 1.64. The first-order valence-corrected chi connectivity index (χ1v) is 5.42. The molecule has 0 aliphatic carbocycles. The van der Waals surface area contributed by atoms with E-state index in [1.54, 1.807) is 24.3 Å². The number of rotatable bonds is 4. The molecular formula is C10H12ClNO2S. The Bertz CT molecular complexity index is 329. The topological polar surface area (TPSA) is 52.3 Å². The molecule has 1 rings (SSSR count). The van der Waals surface area contributed by atoms with E-state index in [0.717, 1.165) is 5.56 Å². The zero-order chi connectivity index (χ0) is 11.3. The third-order valence-electron chi connectivity index (χ3n) is 1.79. The maximum absolute atomic E-state index is 11.2. The molecule has 1 aromatic rings. The van der Waals surface area contributed by atoms with E-state index < -0.39 is 12.0 Å². The Morgan fingerprint density at radius 3 is 2.60 bits per heavy atom. The van der Waals surface area contributed by atoms with Crippen LogP contribution in [0.3, 0.4) is 0 Å². The van der Waals surface area contributed by atoms with Gasteiger partial charge in [0.2, 0.25) is 0 Å². The minimum absolute atomic E-state index is 0.206. The molecule has 1 aromatic carbocycles. The summed E-state index contributed by atoms with van der Waals surface area (Å²) in [6.45, 7) is 0.206. The zero-order valence-corrected chi connectivity index (χ0v) is 9.67. The smallest absolute Gasteiger partial charge is 0.324 e. The Hall–Kier alpha value is -0.710.